The maximum atomic E-state index is 11.7. The molecule has 1 aromatic rings. The molecule has 1 unspecified atom stereocenters. The predicted octanol–water partition coefficient (Wildman–Crippen LogP) is 0.362. The van der Waals surface area contributed by atoms with E-state index in [1.165, 1.54) is 0 Å². The first-order valence-corrected chi connectivity index (χ1v) is 5.77. The third-order valence-corrected chi connectivity index (χ3v) is 2.28. The summed E-state index contributed by atoms with van der Waals surface area (Å²) in [5.74, 6) is -2.97. The van der Waals surface area contributed by atoms with Crippen LogP contribution in [0, 0.1) is 0 Å². The summed E-state index contributed by atoms with van der Waals surface area (Å²) in [6.45, 7) is 1.61. The van der Waals surface area contributed by atoms with E-state index in [4.69, 9.17) is 5.11 Å². The number of rotatable bonds is 6. The van der Waals surface area contributed by atoms with Crippen LogP contribution in [0.5, 0.6) is 0 Å². The van der Waals surface area contributed by atoms with Gasteiger partial charge in [0.1, 0.15) is 0 Å². The minimum atomic E-state index is -1.67. The molecule has 1 aromatic carbocycles. The van der Waals surface area contributed by atoms with Crippen molar-refractivity contribution in [3.05, 3.63) is 35.9 Å². The summed E-state index contributed by atoms with van der Waals surface area (Å²) in [7, 11) is 0. The van der Waals surface area contributed by atoms with Crippen LogP contribution in [0.3, 0.4) is 0 Å². The van der Waals surface area contributed by atoms with Crippen LogP contribution in [-0.4, -0.2) is 35.6 Å². The molecule has 102 valence electrons. The number of carbonyl (C=O) groups excluding carboxylic acids is 2. The lowest BCUT2D eigenvalue weighted by Crippen LogP contribution is -2.47. The van der Waals surface area contributed by atoms with Crippen molar-refractivity contribution in [1.82, 2.24) is 5.32 Å². The van der Waals surface area contributed by atoms with Gasteiger partial charge in [0.25, 0.3) is 0 Å². The van der Waals surface area contributed by atoms with Crippen LogP contribution in [0.2, 0.25) is 0 Å². The standard InChI is InChI=1S/C13H15NO5/c1-2-19-13(18)11(12(16)17)14-10(15)8-9-6-4-3-5-7-9/h3-7,11H,2,8H2,1H3,(H,14,15)(H,16,17). The molecule has 2 N–H and O–H groups in total. The number of benzene rings is 1. The Morgan fingerprint density at radius 2 is 1.89 bits per heavy atom. The minimum Gasteiger partial charge on any atom is -0.479 e. The molecule has 0 spiro atoms. The van der Waals surface area contributed by atoms with Gasteiger partial charge in [-0.1, -0.05) is 30.3 Å². The summed E-state index contributed by atoms with van der Waals surface area (Å²) < 4.78 is 4.58. The number of hydrogen-bond acceptors (Lipinski definition) is 4. The van der Waals surface area contributed by atoms with E-state index in [-0.39, 0.29) is 13.0 Å². The zero-order chi connectivity index (χ0) is 14.3. The molecule has 1 rings (SSSR count). The second-order valence-corrected chi connectivity index (χ2v) is 3.75. The lowest BCUT2D eigenvalue weighted by molar-refractivity contribution is -0.156. The zero-order valence-corrected chi connectivity index (χ0v) is 10.5. The summed E-state index contributed by atoms with van der Waals surface area (Å²) in [6.07, 6.45) is 0.00399. The number of hydrogen-bond donors (Lipinski definition) is 2. The van der Waals surface area contributed by atoms with Gasteiger partial charge in [0.15, 0.2) is 0 Å². The molecule has 0 saturated carbocycles. The third-order valence-electron chi connectivity index (χ3n) is 2.28. The minimum absolute atomic E-state index is 0.00399. The number of amides is 1. The monoisotopic (exact) mass is 265 g/mol. The number of carboxylic acids is 1. The zero-order valence-electron chi connectivity index (χ0n) is 10.5. The lowest BCUT2D eigenvalue weighted by atomic mass is 10.1. The van der Waals surface area contributed by atoms with E-state index in [1.807, 2.05) is 0 Å². The largest absolute Gasteiger partial charge is 0.479 e. The Morgan fingerprint density at radius 1 is 1.26 bits per heavy atom. The molecule has 0 aliphatic rings. The molecule has 0 saturated heterocycles. The maximum absolute atomic E-state index is 11.7. The first-order valence-electron chi connectivity index (χ1n) is 5.77. The van der Waals surface area contributed by atoms with Crippen molar-refractivity contribution >= 4 is 17.8 Å². The average molecular weight is 265 g/mol. The molecule has 0 aromatic heterocycles. The van der Waals surface area contributed by atoms with E-state index in [0.29, 0.717) is 0 Å². The van der Waals surface area contributed by atoms with Crippen LogP contribution in [0.15, 0.2) is 30.3 Å². The van der Waals surface area contributed by atoms with Crippen molar-refractivity contribution in [2.24, 2.45) is 0 Å². The van der Waals surface area contributed by atoms with Crippen LogP contribution in [0.25, 0.3) is 0 Å². The van der Waals surface area contributed by atoms with Gasteiger partial charge in [0.2, 0.25) is 11.9 Å². The van der Waals surface area contributed by atoms with Crippen LogP contribution in [-0.2, 0) is 25.5 Å². The molecule has 6 nitrogen and oxygen atoms in total. The topological polar surface area (TPSA) is 92.7 Å². The Labute approximate surface area is 110 Å². The van der Waals surface area contributed by atoms with Crippen LogP contribution < -0.4 is 5.32 Å². The molecule has 0 radical (unpaired) electrons. The Balaban J connectivity index is 2.62. The normalized spacial score (nSPS) is 11.4. The van der Waals surface area contributed by atoms with Crippen LogP contribution in [0.4, 0.5) is 0 Å². The van der Waals surface area contributed by atoms with Gasteiger partial charge in [-0.05, 0) is 12.5 Å². The average Bonchev–Trinajstić information content (AvgIpc) is 2.37. The molecule has 0 heterocycles. The molecule has 1 amide bonds. The van der Waals surface area contributed by atoms with Gasteiger partial charge in [0.05, 0.1) is 13.0 Å². The molecule has 19 heavy (non-hydrogen) atoms. The summed E-state index contributed by atoms with van der Waals surface area (Å²) >= 11 is 0. The van der Waals surface area contributed by atoms with Gasteiger partial charge < -0.3 is 15.2 Å². The summed E-state index contributed by atoms with van der Waals surface area (Å²) in [4.78, 5) is 33.9. The smallest absolute Gasteiger partial charge is 0.340 e. The summed E-state index contributed by atoms with van der Waals surface area (Å²) in [5.41, 5.74) is 0.730. The molecule has 0 aliphatic carbocycles. The number of nitrogens with one attached hydrogen (secondary N) is 1. The molecule has 0 bridgehead atoms. The van der Waals surface area contributed by atoms with Gasteiger partial charge in [-0.2, -0.15) is 0 Å². The summed E-state index contributed by atoms with van der Waals surface area (Å²) in [6, 6.07) is 7.14. The van der Waals surface area contributed by atoms with Gasteiger partial charge in [-0.25, -0.2) is 9.59 Å². The van der Waals surface area contributed by atoms with E-state index in [9.17, 15) is 14.4 Å². The number of carbonyl (C=O) groups is 3. The van der Waals surface area contributed by atoms with Gasteiger partial charge in [-0.3, -0.25) is 4.79 Å². The fraction of sp³-hybridized carbons (Fsp3) is 0.308. The second-order valence-electron chi connectivity index (χ2n) is 3.75. The van der Waals surface area contributed by atoms with E-state index in [1.54, 1.807) is 37.3 Å². The molecule has 0 fully saturated rings. The lowest BCUT2D eigenvalue weighted by Gasteiger charge is -2.13. The van der Waals surface area contributed by atoms with E-state index < -0.39 is 23.9 Å². The Morgan fingerprint density at radius 3 is 2.42 bits per heavy atom. The van der Waals surface area contributed by atoms with Crippen molar-refractivity contribution in [2.75, 3.05) is 6.61 Å². The highest BCUT2D eigenvalue weighted by molar-refractivity contribution is 6.01. The fourth-order valence-electron chi connectivity index (χ4n) is 1.44. The van der Waals surface area contributed by atoms with E-state index in [0.717, 1.165) is 5.56 Å². The molecule has 1 atom stereocenters. The van der Waals surface area contributed by atoms with Gasteiger partial charge in [-0.15, -0.1) is 0 Å². The van der Waals surface area contributed by atoms with Crippen molar-refractivity contribution < 1.29 is 24.2 Å². The molecule has 6 heteroatoms. The Bertz CT molecular complexity index is 457. The molecular formula is C13H15NO5. The first kappa shape index (κ1) is 14.7. The van der Waals surface area contributed by atoms with E-state index >= 15 is 0 Å². The highest BCUT2D eigenvalue weighted by Crippen LogP contribution is 2.00. The predicted molar refractivity (Wildman–Crippen MR) is 66.3 cm³/mol. The van der Waals surface area contributed by atoms with Crippen molar-refractivity contribution in [2.45, 2.75) is 19.4 Å². The Hall–Kier alpha value is -2.37. The third kappa shape index (κ3) is 4.79. The Kier molecular flexibility index (Phi) is 5.53. The number of ether oxygens (including phenoxy) is 1. The van der Waals surface area contributed by atoms with Gasteiger partial charge >= 0.3 is 11.9 Å². The molecular weight excluding hydrogens is 250 g/mol. The van der Waals surface area contributed by atoms with E-state index in [2.05, 4.69) is 10.1 Å². The fourth-order valence-corrected chi connectivity index (χ4v) is 1.44. The van der Waals surface area contributed by atoms with Crippen molar-refractivity contribution in [3.8, 4) is 0 Å². The maximum Gasteiger partial charge on any atom is 0.340 e. The van der Waals surface area contributed by atoms with Crippen molar-refractivity contribution in [1.29, 1.82) is 0 Å². The quantitative estimate of drug-likeness (QED) is 0.572. The van der Waals surface area contributed by atoms with Crippen LogP contribution >= 0.6 is 0 Å². The number of esters is 1. The highest BCUT2D eigenvalue weighted by atomic mass is 16.5. The van der Waals surface area contributed by atoms with Crippen LogP contribution in [0.1, 0.15) is 12.5 Å². The van der Waals surface area contributed by atoms with Gasteiger partial charge in [0, 0.05) is 0 Å². The number of carboxylic acid groups (broad SMARTS) is 1. The van der Waals surface area contributed by atoms with Crippen molar-refractivity contribution in [3.63, 3.8) is 0 Å². The molecule has 0 aliphatic heterocycles. The summed E-state index contributed by atoms with van der Waals surface area (Å²) in [5, 5.41) is 11.0. The highest BCUT2D eigenvalue weighted by Gasteiger charge is 2.29. The second kappa shape index (κ2) is 7.15. The number of aliphatic carboxylic acids is 1. The SMILES string of the molecule is CCOC(=O)C(NC(=O)Cc1ccccc1)C(=O)O. The first-order chi connectivity index (χ1) is 9.04.